The van der Waals surface area contributed by atoms with E-state index in [2.05, 4.69) is 16.4 Å². The number of aromatic nitrogens is 1. The van der Waals surface area contributed by atoms with E-state index in [0.717, 1.165) is 13.0 Å². The molecule has 4 rings (SSSR count). The van der Waals surface area contributed by atoms with Crippen LogP contribution in [0, 0.1) is 11.7 Å². The Morgan fingerprint density at radius 1 is 1.24 bits per heavy atom. The number of carbonyl (C=O) groups excluding carboxylic acids is 1. The molecule has 4 heterocycles. The van der Waals surface area contributed by atoms with Crippen molar-refractivity contribution in [3.63, 3.8) is 0 Å². The van der Waals surface area contributed by atoms with Gasteiger partial charge in [-0.1, -0.05) is 0 Å². The monoisotopic (exact) mass is 427 g/mol. The summed E-state index contributed by atoms with van der Waals surface area (Å²) in [5, 5.41) is 2.06. The van der Waals surface area contributed by atoms with Crippen LogP contribution in [0.4, 0.5) is 23.4 Å². The van der Waals surface area contributed by atoms with E-state index in [1.807, 2.05) is 4.90 Å². The molecule has 0 atom stereocenters. The Hall–Kier alpha value is -2.16. The van der Waals surface area contributed by atoms with E-state index in [4.69, 9.17) is 0 Å². The number of rotatable bonds is 3. The van der Waals surface area contributed by atoms with Gasteiger partial charge in [0.1, 0.15) is 0 Å². The van der Waals surface area contributed by atoms with E-state index in [0.29, 0.717) is 51.2 Å². The highest BCUT2D eigenvalue weighted by Crippen LogP contribution is 2.32. The first kappa shape index (κ1) is 20.1. The van der Waals surface area contributed by atoms with Gasteiger partial charge in [-0.25, -0.2) is 9.37 Å². The van der Waals surface area contributed by atoms with Crippen LogP contribution in [0.2, 0.25) is 0 Å². The number of nitrogens with zero attached hydrogens (tertiary/aromatic N) is 3. The van der Waals surface area contributed by atoms with Gasteiger partial charge < -0.3 is 9.80 Å². The lowest BCUT2D eigenvalue weighted by Gasteiger charge is -2.34. The first-order valence-corrected chi connectivity index (χ1v) is 10.5. The second-order valence-electron chi connectivity index (χ2n) is 7.60. The van der Waals surface area contributed by atoms with E-state index >= 15 is 0 Å². The molecule has 0 aromatic carbocycles. The molecule has 0 unspecified atom stereocenters. The van der Waals surface area contributed by atoms with Gasteiger partial charge in [-0.05, 0) is 48.3 Å². The summed E-state index contributed by atoms with van der Waals surface area (Å²) >= 11 is 1.73. The highest BCUT2D eigenvalue weighted by Gasteiger charge is 2.33. The Morgan fingerprint density at radius 2 is 2.00 bits per heavy atom. The number of carbonyl (C=O) groups is 1. The van der Waals surface area contributed by atoms with Crippen molar-refractivity contribution in [2.24, 2.45) is 5.92 Å². The second-order valence-corrected chi connectivity index (χ2v) is 8.60. The van der Waals surface area contributed by atoms with Crippen molar-refractivity contribution >= 4 is 23.1 Å². The Morgan fingerprint density at radius 3 is 2.69 bits per heavy atom. The summed E-state index contributed by atoms with van der Waals surface area (Å²) in [5.74, 6) is -0.683. The number of alkyl halides is 3. The molecule has 0 radical (unpaired) electrons. The fourth-order valence-corrected chi connectivity index (χ4v) is 4.89. The summed E-state index contributed by atoms with van der Waals surface area (Å²) in [5.41, 5.74) is 0.141. The van der Waals surface area contributed by atoms with Gasteiger partial charge in [0.05, 0.1) is 5.56 Å². The summed E-state index contributed by atoms with van der Waals surface area (Å²) in [6.45, 7) is 2.35. The molecular weight excluding hydrogens is 406 g/mol. The molecule has 29 heavy (non-hydrogen) atoms. The van der Waals surface area contributed by atoms with Crippen LogP contribution in [0.15, 0.2) is 23.7 Å². The average molecular weight is 427 g/mol. The number of hydrogen-bond donors (Lipinski definition) is 0. The third kappa shape index (κ3) is 4.39. The maximum atomic E-state index is 14.1. The quantitative estimate of drug-likeness (QED) is 0.677. The summed E-state index contributed by atoms with van der Waals surface area (Å²) < 4.78 is 52.2. The molecule has 0 aliphatic carbocycles. The van der Waals surface area contributed by atoms with Crippen LogP contribution in [0.3, 0.4) is 0 Å². The lowest BCUT2D eigenvalue weighted by Crippen LogP contribution is -2.39. The van der Waals surface area contributed by atoms with Crippen molar-refractivity contribution in [2.75, 3.05) is 24.5 Å². The molecule has 2 aromatic heterocycles. The van der Waals surface area contributed by atoms with Crippen molar-refractivity contribution in [2.45, 2.75) is 38.4 Å². The normalized spacial score (nSPS) is 18.1. The van der Waals surface area contributed by atoms with Crippen LogP contribution >= 0.6 is 11.3 Å². The molecule has 156 valence electrons. The minimum atomic E-state index is -4.61. The molecule has 0 bridgehead atoms. The summed E-state index contributed by atoms with van der Waals surface area (Å²) in [4.78, 5) is 21.3. The zero-order valence-electron chi connectivity index (χ0n) is 15.7. The van der Waals surface area contributed by atoms with Crippen molar-refractivity contribution in [3.8, 4) is 0 Å². The SMILES string of the molecule is O=C(CC1CCN(c2ncc(C(F)(F)F)cc2F)CC1)N1CCc2sccc2C1. The Balaban J connectivity index is 1.31. The van der Waals surface area contributed by atoms with Gasteiger partial charge in [-0.15, -0.1) is 11.3 Å². The number of halogens is 4. The fourth-order valence-electron chi connectivity index (χ4n) is 4.00. The predicted molar refractivity (Wildman–Crippen MR) is 102 cm³/mol. The fraction of sp³-hybridized carbons (Fsp3) is 0.500. The van der Waals surface area contributed by atoms with Gasteiger partial charge in [-0.2, -0.15) is 13.2 Å². The molecule has 0 spiro atoms. The van der Waals surface area contributed by atoms with Crippen LogP contribution in [0.25, 0.3) is 0 Å². The van der Waals surface area contributed by atoms with Crippen LogP contribution < -0.4 is 4.90 Å². The van der Waals surface area contributed by atoms with E-state index in [9.17, 15) is 22.4 Å². The van der Waals surface area contributed by atoms with Crippen molar-refractivity contribution in [1.82, 2.24) is 9.88 Å². The van der Waals surface area contributed by atoms with Crippen molar-refractivity contribution in [1.29, 1.82) is 0 Å². The lowest BCUT2D eigenvalue weighted by atomic mass is 9.92. The number of fused-ring (bicyclic) bond motifs is 1. The van der Waals surface area contributed by atoms with E-state index < -0.39 is 17.6 Å². The molecular formula is C20H21F4N3OS. The molecule has 2 aliphatic rings. The molecule has 0 N–H and O–H groups in total. The molecule has 0 saturated carbocycles. The predicted octanol–water partition coefficient (Wildman–Crippen LogP) is 4.49. The van der Waals surface area contributed by atoms with Gasteiger partial charge >= 0.3 is 6.18 Å². The molecule has 1 amide bonds. The van der Waals surface area contributed by atoms with Gasteiger partial charge in [-0.3, -0.25) is 4.79 Å². The number of thiophene rings is 1. The average Bonchev–Trinajstić information content (AvgIpc) is 3.16. The smallest absolute Gasteiger partial charge is 0.354 e. The Kier molecular flexibility index (Phi) is 5.50. The van der Waals surface area contributed by atoms with E-state index in [1.165, 1.54) is 10.4 Å². The molecule has 2 aromatic rings. The number of hydrogen-bond acceptors (Lipinski definition) is 4. The van der Waals surface area contributed by atoms with Gasteiger partial charge in [0.25, 0.3) is 0 Å². The second kappa shape index (κ2) is 7.93. The highest BCUT2D eigenvalue weighted by atomic mass is 32.1. The molecule has 9 heteroatoms. The van der Waals surface area contributed by atoms with Gasteiger partial charge in [0, 0.05) is 43.7 Å². The minimum absolute atomic E-state index is 0.0520. The largest absolute Gasteiger partial charge is 0.417 e. The highest BCUT2D eigenvalue weighted by molar-refractivity contribution is 7.10. The molecule has 1 fully saturated rings. The minimum Gasteiger partial charge on any atom is -0.354 e. The first-order chi connectivity index (χ1) is 13.8. The molecule has 4 nitrogen and oxygen atoms in total. The van der Waals surface area contributed by atoms with Crippen molar-refractivity contribution in [3.05, 3.63) is 45.5 Å². The van der Waals surface area contributed by atoms with E-state index in [1.54, 1.807) is 16.2 Å². The maximum Gasteiger partial charge on any atom is 0.417 e. The first-order valence-electron chi connectivity index (χ1n) is 9.62. The maximum absolute atomic E-state index is 14.1. The molecule has 2 aliphatic heterocycles. The Bertz CT molecular complexity index is 890. The summed E-state index contributed by atoms with van der Waals surface area (Å²) in [6, 6.07) is 2.57. The molecule has 1 saturated heterocycles. The standard InChI is InChI=1S/C20H21F4N3OS/c21-16-10-15(20(22,23)24)11-25-19(16)26-5-1-13(2-6-26)9-18(28)27-7-3-17-14(12-27)4-8-29-17/h4,8,10-11,13H,1-3,5-7,9,12H2. The zero-order valence-corrected chi connectivity index (χ0v) is 16.5. The van der Waals surface area contributed by atoms with E-state index in [-0.39, 0.29) is 17.6 Å². The number of amides is 1. The van der Waals surface area contributed by atoms with Crippen LogP contribution in [-0.4, -0.2) is 35.4 Å². The number of pyridine rings is 1. The van der Waals surface area contributed by atoms with Crippen LogP contribution in [0.1, 0.15) is 35.3 Å². The topological polar surface area (TPSA) is 36.4 Å². The lowest BCUT2D eigenvalue weighted by molar-refractivity contribution is -0.138. The van der Waals surface area contributed by atoms with Gasteiger partial charge in [0.15, 0.2) is 11.6 Å². The van der Waals surface area contributed by atoms with Crippen LogP contribution in [0.5, 0.6) is 0 Å². The summed E-state index contributed by atoms with van der Waals surface area (Å²) in [7, 11) is 0. The summed E-state index contributed by atoms with van der Waals surface area (Å²) in [6.07, 6.45) is -1.22. The number of piperidine rings is 1. The number of anilines is 1. The van der Waals surface area contributed by atoms with Gasteiger partial charge in [0.2, 0.25) is 5.91 Å². The van der Waals surface area contributed by atoms with Crippen molar-refractivity contribution < 1.29 is 22.4 Å². The third-order valence-corrected chi connectivity index (χ3v) is 6.71. The Labute approximate surface area is 170 Å². The third-order valence-electron chi connectivity index (χ3n) is 5.69. The van der Waals surface area contributed by atoms with Crippen LogP contribution in [-0.2, 0) is 23.9 Å². The zero-order chi connectivity index (χ0) is 20.6.